The van der Waals surface area contributed by atoms with Crippen LogP contribution < -0.4 is 11.1 Å². The lowest BCUT2D eigenvalue weighted by molar-refractivity contribution is -0.141. The first-order valence-corrected chi connectivity index (χ1v) is 11.9. The predicted octanol–water partition coefficient (Wildman–Crippen LogP) is 4.10. The van der Waals surface area contributed by atoms with Gasteiger partial charge in [-0.2, -0.15) is 17.0 Å². The highest BCUT2D eigenvalue weighted by atomic mass is 32.2. The van der Waals surface area contributed by atoms with Crippen LogP contribution in [0.4, 0.5) is 10.7 Å². The second-order valence-electron chi connectivity index (χ2n) is 6.82. The van der Waals surface area contributed by atoms with Gasteiger partial charge in [0.15, 0.2) is 0 Å². The van der Waals surface area contributed by atoms with E-state index in [4.69, 9.17) is 15.0 Å². The quantitative estimate of drug-likeness (QED) is 0.350. The van der Waals surface area contributed by atoms with E-state index in [1.807, 2.05) is 42.7 Å². The van der Waals surface area contributed by atoms with Crippen molar-refractivity contribution < 1.29 is 18.8 Å². The molecule has 1 atom stereocenters. The van der Waals surface area contributed by atoms with Gasteiger partial charge in [-0.25, -0.2) is 4.79 Å². The lowest BCUT2D eigenvalue weighted by Crippen LogP contribution is -2.31. The number of aromatic nitrogens is 1. The van der Waals surface area contributed by atoms with Gasteiger partial charge in [-0.05, 0) is 25.4 Å². The lowest BCUT2D eigenvalue weighted by atomic mass is 10.0. The number of nitrogens with one attached hydrogen (secondary N) is 1. The Bertz CT molecular complexity index is 1160. The normalized spacial score (nSPS) is 11.6. The van der Waals surface area contributed by atoms with E-state index in [2.05, 4.69) is 10.5 Å². The van der Waals surface area contributed by atoms with Crippen LogP contribution in [0.25, 0.3) is 11.3 Å². The van der Waals surface area contributed by atoms with Gasteiger partial charge in [-0.3, -0.25) is 4.79 Å². The van der Waals surface area contributed by atoms with Crippen LogP contribution in [-0.4, -0.2) is 42.1 Å². The average molecular weight is 471 g/mol. The number of thiophene rings is 1. The minimum absolute atomic E-state index is 0.0538. The SMILES string of the molecule is COC(=O)C(CCSC)Nc1sc(C(=O)c2c(-c3ccccc3)noc2C)c(N)c1C#N. The molecular weight excluding hydrogens is 448 g/mol. The molecule has 0 fully saturated rings. The maximum absolute atomic E-state index is 13.5. The Balaban J connectivity index is 2.01. The van der Waals surface area contributed by atoms with Gasteiger partial charge >= 0.3 is 5.97 Å². The number of benzene rings is 1. The van der Waals surface area contributed by atoms with Crippen molar-refractivity contribution in [3.63, 3.8) is 0 Å². The zero-order valence-corrected chi connectivity index (χ0v) is 19.4. The topological polar surface area (TPSA) is 131 Å². The van der Waals surface area contributed by atoms with Crippen molar-refractivity contribution >= 4 is 45.5 Å². The first-order chi connectivity index (χ1) is 15.4. The summed E-state index contributed by atoms with van der Waals surface area (Å²) in [5.41, 5.74) is 7.79. The number of anilines is 2. The summed E-state index contributed by atoms with van der Waals surface area (Å²) < 4.78 is 10.2. The monoisotopic (exact) mass is 470 g/mol. The Morgan fingerprint density at radius 2 is 2.09 bits per heavy atom. The Morgan fingerprint density at radius 3 is 2.72 bits per heavy atom. The van der Waals surface area contributed by atoms with Gasteiger partial charge in [0.1, 0.15) is 39.0 Å². The molecule has 0 aliphatic rings. The number of hydrogen-bond donors (Lipinski definition) is 2. The van der Waals surface area contributed by atoms with E-state index in [1.165, 1.54) is 7.11 Å². The van der Waals surface area contributed by atoms with Crippen LogP contribution in [0.3, 0.4) is 0 Å². The first kappa shape index (κ1) is 23.4. The maximum atomic E-state index is 13.5. The van der Waals surface area contributed by atoms with Gasteiger partial charge in [0.2, 0.25) is 5.78 Å². The smallest absolute Gasteiger partial charge is 0.328 e. The van der Waals surface area contributed by atoms with E-state index < -0.39 is 17.8 Å². The molecule has 2 heterocycles. The van der Waals surface area contributed by atoms with Gasteiger partial charge in [0, 0.05) is 5.56 Å². The number of thioether (sulfide) groups is 1. The second-order valence-corrected chi connectivity index (χ2v) is 8.83. The minimum atomic E-state index is -0.669. The number of nitrogen functional groups attached to an aromatic ring is 1. The molecule has 0 spiro atoms. The zero-order valence-electron chi connectivity index (χ0n) is 17.8. The Hall–Kier alpha value is -3.29. The highest BCUT2D eigenvalue weighted by Gasteiger charge is 2.30. The fraction of sp³-hybridized carbons (Fsp3) is 0.273. The molecule has 0 radical (unpaired) electrons. The van der Waals surface area contributed by atoms with E-state index in [-0.39, 0.29) is 21.7 Å². The van der Waals surface area contributed by atoms with Crippen LogP contribution in [0.2, 0.25) is 0 Å². The number of carbonyl (C=O) groups is 2. The van der Waals surface area contributed by atoms with Crippen molar-refractivity contribution in [2.75, 3.05) is 30.2 Å². The van der Waals surface area contributed by atoms with Crippen molar-refractivity contribution in [3.8, 4) is 17.3 Å². The maximum Gasteiger partial charge on any atom is 0.328 e. The highest BCUT2D eigenvalue weighted by Crippen LogP contribution is 2.39. The van der Waals surface area contributed by atoms with Crippen LogP contribution in [0.1, 0.15) is 33.0 Å². The molecule has 3 aromatic rings. The summed E-state index contributed by atoms with van der Waals surface area (Å²) in [7, 11) is 1.30. The minimum Gasteiger partial charge on any atom is -0.467 e. The molecular formula is C22H22N4O4S2. The van der Waals surface area contributed by atoms with Crippen molar-refractivity contribution in [1.29, 1.82) is 5.26 Å². The third-order valence-electron chi connectivity index (χ3n) is 4.80. The van der Waals surface area contributed by atoms with Crippen LogP contribution in [0.15, 0.2) is 34.9 Å². The summed E-state index contributed by atoms with van der Waals surface area (Å²) >= 11 is 2.61. The van der Waals surface area contributed by atoms with Crippen molar-refractivity contribution in [1.82, 2.24) is 5.16 Å². The van der Waals surface area contributed by atoms with Crippen molar-refractivity contribution in [3.05, 3.63) is 52.1 Å². The van der Waals surface area contributed by atoms with Gasteiger partial charge < -0.3 is 20.3 Å². The first-order valence-electron chi connectivity index (χ1n) is 9.64. The average Bonchev–Trinajstić information content (AvgIpc) is 3.35. The van der Waals surface area contributed by atoms with Crippen molar-refractivity contribution in [2.45, 2.75) is 19.4 Å². The van der Waals surface area contributed by atoms with Crippen molar-refractivity contribution in [2.24, 2.45) is 0 Å². The largest absolute Gasteiger partial charge is 0.467 e. The molecule has 32 heavy (non-hydrogen) atoms. The fourth-order valence-corrected chi connectivity index (χ4v) is 4.70. The van der Waals surface area contributed by atoms with Gasteiger partial charge in [0.25, 0.3) is 0 Å². The number of ether oxygens (including phenoxy) is 1. The molecule has 8 nitrogen and oxygen atoms in total. The Labute approximate surface area is 193 Å². The van der Waals surface area contributed by atoms with E-state index >= 15 is 0 Å². The van der Waals surface area contributed by atoms with E-state index in [9.17, 15) is 14.9 Å². The summed E-state index contributed by atoms with van der Waals surface area (Å²) in [6, 6.07) is 10.6. The number of hydrogen-bond acceptors (Lipinski definition) is 10. The van der Waals surface area contributed by atoms with E-state index in [0.717, 1.165) is 16.9 Å². The molecule has 3 rings (SSSR count). The molecule has 1 aromatic carbocycles. The van der Waals surface area contributed by atoms with Gasteiger partial charge in [-0.15, -0.1) is 11.3 Å². The third kappa shape index (κ3) is 4.64. The number of nitrogens with zero attached hydrogens (tertiary/aromatic N) is 2. The summed E-state index contributed by atoms with van der Waals surface area (Å²) in [5, 5.41) is 17.1. The predicted molar refractivity (Wildman–Crippen MR) is 126 cm³/mol. The molecule has 0 saturated carbocycles. The highest BCUT2D eigenvalue weighted by molar-refractivity contribution is 7.98. The van der Waals surface area contributed by atoms with Crippen LogP contribution in [0.5, 0.6) is 0 Å². The van der Waals surface area contributed by atoms with E-state index in [0.29, 0.717) is 28.6 Å². The number of methoxy groups -OCH3 is 1. The molecule has 0 aliphatic carbocycles. The Morgan fingerprint density at radius 1 is 1.38 bits per heavy atom. The molecule has 2 aromatic heterocycles. The summed E-state index contributed by atoms with van der Waals surface area (Å²) in [6.07, 6.45) is 2.42. The number of esters is 1. The molecule has 0 saturated heterocycles. The summed E-state index contributed by atoms with van der Waals surface area (Å²) in [5.74, 6) is 0.209. The van der Waals surface area contributed by atoms with Gasteiger partial charge in [-0.1, -0.05) is 35.5 Å². The van der Waals surface area contributed by atoms with Gasteiger partial charge in [0.05, 0.1) is 18.4 Å². The molecule has 3 N–H and O–H groups in total. The molecule has 166 valence electrons. The number of ketones is 1. The number of nitrogens with two attached hydrogens (primary N) is 1. The molecule has 0 amide bonds. The summed E-state index contributed by atoms with van der Waals surface area (Å²) in [4.78, 5) is 25.8. The molecule has 0 aliphatic heterocycles. The molecule has 10 heteroatoms. The molecule has 0 bridgehead atoms. The molecule has 1 unspecified atom stereocenters. The van der Waals surface area contributed by atoms with Crippen LogP contribution in [-0.2, 0) is 9.53 Å². The third-order valence-corrected chi connectivity index (χ3v) is 6.58. The zero-order chi connectivity index (χ0) is 23.3. The van der Waals surface area contributed by atoms with Crippen LogP contribution >= 0.6 is 23.1 Å². The lowest BCUT2D eigenvalue weighted by Gasteiger charge is -2.16. The van der Waals surface area contributed by atoms with E-state index in [1.54, 1.807) is 18.7 Å². The number of rotatable bonds is 9. The Kier molecular flexibility index (Phi) is 7.56. The number of carbonyl (C=O) groups excluding carboxylic acids is 2. The number of nitriles is 1. The second kappa shape index (κ2) is 10.3. The summed E-state index contributed by atoms with van der Waals surface area (Å²) in [6.45, 7) is 1.65. The fourth-order valence-electron chi connectivity index (χ4n) is 3.16. The number of aryl methyl sites for hydroxylation is 1. The van der Waals surface area contributed by atoms with Crippen LogP contribution in [0, 0.1) is 18.3 Å². The standard InChI is InChI=1S/C22H22N4O4S2/c1-12-16(18(26-30-12)13-7-5-4-6-8-13)19(27)20-17(24)14(11-23)21(32-20)25-15(9-10-31-3)22(28)29-2/h4-8,15,25H,9-10,24H2,1-3H3.